The van der Waals surface area contributed by atoms with Crippen molar-refractivity contribution in [2.45, 2.75) is 6.54 Å². The lowest BCUT2D eigenvalue weighted by molar-refractivity contribution is -0.384. The van der Waals surface area contributed by atoms with Gasteiger partial charge in [0.05, 0.1) is 10.6 Å². The molecule has 104 valence electrons. The third-order valence-electron chi connectivity index (χ3n) is 2.71. The molecule has 2 aromatic rings. The highest BCUT2D eigenvalue weighted by Crippen LogP contribution is 2.27. The van der Waals surface area contributed by atoms with Crippen LogP contribution in [0.3, 0.4) is 0 Å². The Bertz CT molecular complexity index is 644. The second-order valence-corrected chi connectivity index (χ2v) is 4.42. The molecular weight excluding hydrogens is 287 g/mol. The second-order valence-electron chi connectivity index (χ2n) is 4.01. The van der Waals surface area contributed by atoms with Crippen LogP contribution < -0.4 is 5.32 Å². The van der Waals surface area contributed by atoms with Gasteiger partial charge in [-0.2, -0.15) is 0 Å². The van der Waals surface area contributed by atoms with Crippen molar-refractivity contribution in [1.82, 2.24) is 0 Å². The van der Waals surface area contributed by atoms with Gasteiger partial charge in [-0.15, -0.1) is 0 Å². The van der Waals surface area contributed by atoms with E-state index in [0.717, 1.165) is 18.2 Å². The van der Waals surface area contributed by atoms with Gasteiger partial charge in [-0.05, 0) is 18.2 Å². The van der Waals surface area contributed by atoms with E-state index >= 15 is 0 Å². The Morgan fingerprint density at radius 1 is 1.35 bits per heavy atom. The zero-order valence-electron chi connectivity index (χ0n) is 10.1. The minimum atomic E-state index is -0.623. The summed E-state index contributed by atoms with van der Waals surface area (Å²) >= 11 is 5.92. The van der Waals surface area contributed by atoms with Crippen LogP contribution in [0.5, 0.6) is 5.75 Å². The molecule has 0 atom stereocenters. The predicted octanol–water partition coefficient (Wildman–Crippen LogP) is 3.71. The maximum atomic E-state index is 13.6. The molecule has 0 aromatic heterocycles. The number of halogens is 2. The summed E-state index contributed by atoms with van der Waals surface area (Å²) in [4.78, 5) is 10.0. The maximum Gasteiger partial charge on any atom is 0.271 e. The Balaban J connectivity index is 2.23. The van der Waals surface area contributed by atoms with Crippen molar-refractivity contribution in [1.29, 1.82) is 0 Å². The first-order valence-electron chi connectivity index (χ1n) is 5.63. The number of benzene rings is 2. The van der Waals surface area contributed by atoms with Crippen molar-refractivity contribution in [3.63, 3.8) is 0 Å². The first kappa shape index (κ1) is 14.1. The van der Waals surface area contributed by atoms with E-state index in [2.05, 4.69) is 5.32 Å². The monoisotopic (exact) mass is 296 g/mol. The van der Waals surface area contributed by atoms with Gasteiger partial charge in [0.15, 0.2) is 0 Å². The molecule has 0 spiro atoms. The van der Waals surface area contributed by atoms with E-state index in [1.165, 1.54) is 6.07 Å². The van der Waals surface area contributed by atoms with Crippen molar-refractivity contribution in [2.75, 3.05) is 5.32 Å². The lowest BCUT2D eigenvalue weighted by Gasteiger charge is -2.10. The molecule has 0 fully saturated rings. The van der Waals surface area contributed by atoms with Crippen molar-refractivity contribution in [3.05, 3.63) is 62.9 Å². The van der Waals surface area contributed by atoms with Gasteiger partial charge >= 0.3 is 0 Å². The van der Waals surface area contributed by atoms with Crippen LogP contribution in [0.1, 0.15) is 5.56 Å². The molecule has 20 heavy (non-hydrogen) atoms. The third-order valence-corrected chi connectivity index (χ3v) is 3.06. The molecule has 0 heterocycles. The minimum absolute atomic E-state index is 0.0291. The van der Waals surface area contributed by atoms with Crippen LogP contribution >= 0.6 is 11.6 Å². The van der Waals surface area contributed by atoms with E-state index in [-0.39, 0.29) is 23.7 Å². The number of nitro benzene ring substituents is 1. The van der Waals surface area contributed by atoms with Crippen molar-refractivity contribution >= 4 is 23.0 Å². The van der Waals surface area contributed by atoms with Gasteiger partial charge in [-0.25, -0.2) is 4.39 Å². The first-order chi connectivity index (χ1) is 9.49. The highest BCUT2D eigenvalue weighted by atomic mass is 35.5. The summed E-state index contributed by atoms with van der Waals surface area (Å²) in [6.45, 7) is 0.0452. The van der Waals surface area contributed by atoms with Gasteiger partial charge in [0.1, 0.15) is 11.6 Å². The zero-order valence-corrected chi connectivity index (χ0v) is 10.9. The smallest absolute Gasteiger partial charge is 0.271 e. The summed E-state index contributed by atoms with van der Waals surface area (Å²) in [5, 5.41) is 23.3. The maximum absolute atomic E-state index is 13.6. The fraction of sp³-hybridized carbons (Fsp3) is 0.0769. The van der Waals surface area contributed by atoms with E-state index in [9.17, 15) is 19.6 Å². The van der Waals surface area contributed by atoms with Crippen LogP contribution in [-0.2, 0) is 6.54 Å². The average Bonchev–Trinajstić information content (AvgIpc) is 2.39. The molecule has 0 saturated heterocycles. The topological polar surface area (TPSA) is 75.4 Å². The second kappa shape index (κ2) is 5.75. The van der Waals surface area contributed by atoms with Crippen molar-refractivity contribution < 1.29 is 14.4 Å². The average molecular weight is 297 g/mol. The number of anilines is 1. The molecule has 0 aliphatic carbocycles. The van der Waals surface area contributed by atoms with Gasteiger partial charge in [-0.1, -0.05) is 17.7 Å². The molecule has 2 N–H and O–H groups in total. The summed E-state index contributed by atoms with van der Waals surface area (Å²) in [5.41, 5.74) is 0.135. The highest BCUT2D eigenvalue weighted by Gasteiger charge is 2.12. The summed E-state index contributed by atoms with van der Waals surface area (Å²) in [5.74, 6) is -0.655. The number of hydrogen-bond donors (Lipinski definition) is 2. The quantitative estimate of drug-likeness (QED) is 0.666. The Morgan fingerprint density at radius 2 is 2.10 bits per heavy atom. The molecule has 0 unspecified atom stereocenters. The van der Waals surface area contributed by atoms with Crippen molar-refractivity contribution in [3.8, 4) is 5.75 Å². The Kier molecular flexibility index (Phi) is 4.05. The fourth-order valence-electron chi connectivity index (χ4n) is 1.67. The van der Waals surface area contributed by atoms with Crippen molar-refractivity contribution in [2.24, 2.45) is 0 Å². The summed E-state index contributed by atoms with van der Waals surface area (Å²) < 4.78 is 13.6. The molecule has 0 radical (unpaired) electrons. The van der Waals surface area contributed by atoms with Crippen LogP contribution in [0.2, 0.25) is 5.02 Å². The lowest BCUT2D eigenvalue weighted by atomic mass is 10.2. The third kappa shape index (κ3) is 2.97. The van der Waals surface area contributed by atoms with E-state index in [1.54, 1.807) is 12.1 Å². The van der Waals surface area contributed by atoms with Gasteiger partial charge < -0.3 is 10.4 Å². The van der Waals surface area contributed by atoms with E-state index in [0.29, 0.717) is 10.6 Å². The molecule has 0 saturated carbocycles. The van der Waals surface area contributed by atoms with E-state index < -0.39 is 10.7 Å². The van der Waals surface area contributed by atoms with Gasteiger partial charge in [0.2, 0.25) is 0 Å². The number of hydrogen-bond acceptors (Lipinski definition) is 4. The molecule has 0 amide bonds. The molecule has 5 nitrogen and oxygen atoms in total. The van der Waals surface area contributed by atoms with Gasteiger partial charge in [0.25, 0.3) is 5.69 Å². The first-order valence-corrected chi connectivity index (χ1v) is 6.01. The lowest BCUT2D eigenvalue weighted by Crippen LogP contribution is -2.03. The van der Waals surface area contributed by atoms with Crippen LogP contribution in [0.4, 0.5) is 15.8 Å². The molecule has 0 bridgehead atoms. The van der Waals surface area contributed by atoms with Crippen LogP contribution in [0.25, 0.3) is 0 Å². The Labute approximate surface area is 118 Å². The largest absolute Gasteiger partial charge is 0.508 e. The number of phenols is 1. The summed E-state index contributed by atoms with van der Waals surface area (Å²) in [6, 6.07) is 7.79. The van der Waals surface area contributed by atoms with E-state index in [4.69, 9.17) is 11.6 Å². The zero-order chi connectivity index (χ0) is 14.7. The van der Waals surface area contributed by atoms with Crippen LogP contribution in [0.15, 0.2) is 36.4 Å². The molecule has 0 aliphatic heterocycles. The number of non-ortho nitro benzene ring substituents is 1. The normalized spacial score (nSPS) is 10.3. The predicted molar refractivity (Wildman–Crippen MR) is 73.5 cm³/mol. The van der Waals surface area contributed by atoms with Crippen LogP contribution in [0, 0.1) is 15.9 Å². The number of nitrogens with zero attached hydrogens (tertiary/aromatic N) is 1. The van der Waals surface area contributed by atoms with Gasteiger partial charge in [0, 0.05) is 29.3 Å². The standard InChI is InChI=1S/C13H10ClFN2O3/c14-10-2-1-3-13(18)9(10)7-16-12-6-8(17(19)20)4-5-11(12)15/h1-6,16,18H,7H2. The molecule has 0 aliphatic rings. The summed E-state index contributed by atoms with van der Waals surface area (Å²) in [7, 11) is 0. The number of phenolic OH excluding ortho intramolecular Hbond substituents is 1. The van der Waals surface area contributed by atoms with Gasteiger partial charge in [-0.3, -0.25) is 10.1 Å². The summed E-state index contributed by atoms with van der Waals surface area (Å²) in [6.07, 6.45) is 0. The Hall–Kier alpha value is -2.34. The fourth-order valence-corrected chi connectivity index (χ4v) is 1.90. The number of aromatic hydroxyl groups is 1. The molecule has 7 heteroatoms. The minimum Gasteiger partial charge on any atom is -0.508 e. The number of rotatable bonds is 4. The molecule has 2 rings (SSSR count). The highest BCUT2D eigenvalue weighted by molar-refractivity contribution is 6.31. The SMILES string of the molecule is O=[N+]([O-])c1ccc(F)c(NCc2c(O)cccc2Cl)c1. The number of nitro groups is 1. The molecular formula is C13H10ClFN2O3. The van der Waals surface area contributed by atoms with E-state index in [1.807, 2.05) is 0 Å². The Morgan fingerprint density at radius 3 is 2.75 bits per heavy atom. The number of nitrogens with one attached hydrogen (secondary N) is 1. The molecule has 2 aromatic carbocycles. The van der Waals surface area contributed by atoms with Crippen LogP contribution in [-0.4, -0.2) is 10.0 Å².